The number of rotatable bonds is 5. The molecule has 1 aromatic carbocycles. The van der Waals surface area contributed by atoms with Crippen LogP contribution < -0.4 is 10.5 Å². The molecule has 2 aromatic rings. The van der Waals surface area contributed by atoms with Gasteiger partial charge in [-0.15, -0.1) is 0 Å². The van der Waals surface area contributed by atoms with Crippen molar-refractivity contribution in [1.82, 2.24) is 9.78 Å². The van der Waals surface area contributed by atoms with Crippen LogP contribution in [0.25, 0.3) is 11.3 Å². The van der Waals surface area contributed by atoms with Crippen molar-refractivity contribution in [2.45, 2.75) is 6.54 Å². The molecule has 0 aliphatic carbocycles. The highest BCUT2D eigenvalue weighted by atomic mass is 16.6. The fourth-order valence-electron chi connectivity index (χ4n) is 1.84. The van der Waals surface area contributed by atoms with Crippen molar-refractivity contribution in [2.75, 3.05) is 19.5 Å². The van der Waals surface area contributed by atoms with Gasteiger partial charge in [0.2, 0.25) is 0 Å². The minimum Gasteiger partial charge on any atom is -0.490 e. The molecule has 106 valence electrons. The van der Waals surface area contributed by atoms with Gasteiger partial charge in [0.1, 0.15) is 5.82 Å². The van der Waals surface area contributed by atoms with Crippen molar-refractivity contribution in [2.24, 2.45) is 0 Å². The maximum atomic E-state index is 11.0. The van der Waals surface area contributed by atoms with Gasteiger partial charge in [0.15, 0.2) is 5.75 Å². The van der Waals surface area contributed by atoms with E-state index in [4.69, 9.17) is 15.6 Å². The minimum absolute atomic E-state index is 0.0892. The third-order valence-electron chi connectivity index (χ3n) is 2.79. The molecule has 0 saturated carbocycles. The van der Waals surface area contributed by atoms with Crippen LogP contribution in [0.3, 0.4) is 0 Å². The summed E-state index contributed by atoms with van der Waals surface area (Å²) in [5.41, 5.74) is 6.67. The second-order valence-corrected chi connectivity index (χ2v) is 4.04. The summed E-state index contributed by atoms with van der Waals surface area (Å²) in [4.78, 5) is 10.5. The first-order valence-electron chi connectivity index (χ1n) is 5.83. The number of nitrogens with two attached hydrogens (primary N) is 1. The van der Waals surface area contributed by atoms with E-state index in [1.165, 1.54) is 23.9 Å². The molecule has 0 saturated heterocycles. The predicted molar refractivity (Wildman–Crippen MR) is 72.4 cm³/mol. The van der Waals surface area contributed by atoms with Crippen molar-refractivity contribution >= 4 is 11.5 Å². The summed E-state index contributed by atoms with van der Waals surface area (Å²) in [6.45, 7) is 0.179. The molecule has 0 aliphatic heterocycles. The van der Waals surface area contributed by atoms with E-state index >= 15 is 0 Å². The maximum Gasteiger partial charge on any atom is 0.311 e. The molecule has 0 spiro atoms. The zero-order valence-corrected chi connectivity index (χ0v) is 10.8. The molecule has 1 aromatic heterocycles. The molecular formula is C12H14N4O4. The van der Waals surface area contributed by atoms with Crippen molar-refractivity contribution in [1.29, 1.82) is 0 Å². The molecule has 0 aliphatic rings. The van der Waals surface area contributed by atoms with E-state index < -0.39 is 4.92 Å². The zero-order chi connectivity index (χ0) is 14.7. The molecule has 20 heavy (non-hydrogen) atoms. The first-order valence-corrected chi connectivity index (χ1v) is 5.83. The second-order valence-electron chi connectivity index (χ2n) is 4.04. The number of hydrogen-bond donors (Lipinski definition) is 2. The number of aromatic nitrogens is 2. The molecule has 0 radical (unpaired) electrons. The van der Waals surface area contributed by atoms with Gasteiger partial charge >= 0.3 is 5.69 Å². The Morgan fingerprint density at radius 2 is 2.25 bits per heavy atom. The Bertz CT molecular complexity index is 638. The number of ether oxygens (including phenoxy) is 1. The summed E-state index contributed by atoms with van der Waals surface area (Å²) in [6, 6.07) is 6.15. The van der Waals surface area contributed by atoms with Gasteiger partial charge < -0.3 is 15.6 Å². The summed E-state index contributed by atoms with van der Waals surface area (Å²) in [5, 5.41) is 24.1. The van der Waals surface area contributed by atoms with Crippen LogP contribution in [0.1, 0.15) is 0 Å². The number of methoxy groups -OCH3 is 1. The average molecular weight is 278 g/mol. The number of nitro groups is 1. The third-order valence-corrected chi connectivity index (χ3v) is 2.79. The van der Waals surface area contributed by atoms with Crippen LogP contribution in [0, 0.1) is 10.1 Å². The highest BCUT2D eigenvalue weighted by Crippen LogP contribution is 2.32. The second kappa shape index (κ2) is 5.57. The monoisotopic (exact) mass is 278 g/mol. The van der Waals surface area contributed by atoms with Crippen molar-refractivity contribution < 1.29 is 14.8 Å². The lowest BCUT2D eigenvalue weighted by atomic mass is 10.1. The Hall–Kier alpha value is -2.61. The normalized spacial score (nSPS) is 10.5. The predicted octanol–water partition coefficient (Wildman–Crippen LogP) is 1.04. The number of aliphatic hydroxyl groups excluding tert-OH is 1. The van der Waals surface area contributed by atoms with E-state index in [0.29, 0.717) is 17.1 Å². The Kier molecular flexibility index (Phi) is 3.85. The summed E-state index contributed by atoms with van der Waals surface area (Å²) in [6.07, 6.45) is 0. The fourth-order valence-corrected chi connectivity index (χ4v) is 1.84. The molecule has 0 amide bonds. The fraction of sp³-hybridized carbons (Fsp3) is 0.250. The van der Waals surface area contributed by atoms with Gasteiger partial charge in [-0.05, 0) is 12.1 Å². The van der Waals surface area contributed by atoms with E-state index in [1.807, 2.05) is 0 Å². The first kappa shape index (κ1) is 13.8. The van der Waals surface area contributed by atoms with Crippen molar-refractivity contribution in [3.05, 3.63) is 34.4 Å². The van der Waals surface area contributed by atoms with Gasteiger partial charge in [-0.3, -0.25) is 10.1 Å². The third kappa shape index (κ3) is 2.54. The number of anilines is 1. The van der Waals surface area contributed by atoms with E-state index in [-0.39, 0.29) is 24.6 Å². The Morgan fingerprint density at radius 1 is 1.50 bits per heavy atom. The molecule has 8 heteroatoms. The zero-order valence-electron chi connectivity index (χ0n) is 10.8. The summed E-state index contributed by atoms with van der Waals surface area (Å²) in [7, 11) is 1.37. The molecule has 2 rings (SSSR count). The van der Waals surface area contributed by atoms with Crippen LogP contribution in [0.4, 0.5) is 11.5 Å². The Morgan fingerprint density at radius 3 is 2.85 bits per heavy atom. The number of aliphatic hydroxyl groups is 1. The number of nitro benzene ring substituents is 1. The van der Waals surface area contributed by atoms with Crippen LogP contribution in [0.15, 0.2) is 24.3 Å². The van der Waals surface area contributed by atoms with Gasteiger partial charge in [0.05, 0.1) is 30.9 Å². The van der Waals surface area contributed by atoms with Gasteiger partial charge in [-0.1, -0.05) is 0 Å². The highest BCUT2D eigenvalue weighted by Gasteiger charge is 2.17. The van der Waals surface area contributed by atoms with Crippen LogP contribution >= 0.6 is 0 Å². The van der Waals surface area contributed by atoms with E-state index in [1.54, 1.807) is 12.1 Å². The summed E-state index contributed by atoms with van der Waals surface area (Å²) < 4.78 is 6.38. The lowest BCUT2D eigenvalue weighted by molar-refractivity contribution is -0.385. The number of hydrogen-bond acceptors (Lipinski definition) is 6. The van der Waals surface area contributed by atoms with Crippen LogP contribution in [0.5, 0.6) is 5.75 Å². The molecule has 0 fully saturated rings. The minimum atomic E-state index is -0.517. The SMILES string of the molecule is COc1ccc(-c2cc(N)n(CCO)n2)cc1[N+](=O)[O-]. The maximum absolute atomic E-state index is 11.0. The molecule has 8 nitrogen and oxygen atoms in total. The molecule has 1 heterocycles. The van der Waals surface area contributed by atoms with Crippen molar-refractivity contribution in [3.63, 3.8) is 0 Å². The summed E-state index contributed by atoms with van der Waals surface area (Å²) >= 11 is 0. The van der Waals surface area contributed by atoms with Gasteiger partial charge in [0, 0.05) is 17.7 Å². The van der Waals surface area contributed by atoms with Crippen LogP contribution in [0.2, 0.25) is 0 Å². The number of benzene rings is 1. The highest BCUT2D eigenvalue weighted by molar-refractivity contribution is 5.67. The lowest BCUT2D eigenvalue weighted by Gasteiger charge is -2.03. The topological polar surface area (TPSA) is 116 Å². The quantitative estimate of drug-likeness (QED) is 0.623. The van der Waals surface area contributed by atoms with Gasteiger partial charge in [-0.2, -0.15) is 5.10 Å². The van der Waals surface area contributed by atoms with Crippen LogP contribution in [-0.2, 0) is 6.54 Å². The van der Waals surface area contributed by atoms with E-state index in [9.17, 15) is 10.1 Å². The molecule has 0 atom stereocenters. The first-order chi connectivity index (χ1) is 9.56. The molecule has 0 bridgehead atoms. The smallest absolute Gasteiger partial charge is 0.311 e. The lowest BCUT2D eigenvalue weighted by Crippen LogP contribution is -2.07. The summed E-state index contributed by atoms with van der Waals surface area (Å²) in [5.74, 6) is 0.564. The molecule has 3 N–H and O–H groups in total. The molecular weight excluding hydrogens is 264 g/mol. The molecule has 0 unspecified atom stereocenters. The number of nitrogens with zero attached hydrogens (tertiary/aromatic N) is 3. The Labute approximate surface area is 114 Å². The largest absolute Gasteiger partial charge is 0.490 e. The van der Waals surface area contributed by atoms with Gasteiger partial charge in [-0.25, -0.2) is 4.68 Å². The van der Waals surface area contributed by atoms with Gasteiger partial charge in [0.25, 0.3) is 0 Å². The van der Waals surface area contributed by atoms with E-state index in [0.717, 1.165) is 0 Å². The van der Waals surface area contributed by atoms with Crippen molar-refractivity contribution in [3.8, 4) is 17.0 Å². The Balaban J connectivity index is 2.45. The van der Waals surface area contributed by atoms with Crippen LogP contribution in [-0.4, -0.2) is 33.5 Å². The van der Waals surface area contributed by atoms with E-state index in [2.05, 4.69) is 5.10 Å². The average Bonchev–Trinajstić information content (AvgIpc) is 2.80. The standard InChI is InChI=1S/C12H14N4O4/c1-20-11-3-2-8(6-10(11)16(18)19)9-7-12(13)15(14-9)4-5-17/h2-3,6-7,17H,4-5,13H2,1H3. The number of nitrogen functional groups attached to an aromatic ring is 1.